The molecule has 0 spiro atoms. The average molecular weight is 298 g/mol. The fourth-order valence-electron chi connectivity index (χ4n) is 2.54. The molecular formula is C13H18N2O6. The molecule has 1 aromatic carbocycles. The maximum absolute atomic E-state index is 10.8. The van der Waals surface area contributed by atoms with Gasteiger partial charge in [-0.1, -0.05) is 0 Å². The Bertz CT molecular complexity index is 529. The van der Waals surface area contributed by atoms with Crippen molar-refractivity contribution in [1.82, 2.24) is 0 Å². The largest absolute Gasteiger partial charge is 0.479 e. The van der Waals surface area contributed by atoms with Crippen LogP contribution in [-0.4, -0.2) is 49.2 Å². The van der Waals surface area contributed by atoms with Gasteiger partial charge in [0.05, 0.1) is 24.2 Å². The van der Waals surface area contributed by atoms with Crippen molar-refractivity contribution in [3.05, 3.63) is 33.9 Å². The standard InChI is InChI=1S/C13H18N2O6/c1-19-6-13(7-20-2)12(16)11(14)9-5-8(15(17)18)3-4-10(9)21-13/h3-5,11-12,16H,6-7,14H2,1-2H3/t11-,12+/m1/s1. The van der Waals surface area contributed by atoms with Gasteiger partial charge in [0.1, 0.15) is 11.9 Å². The highest BCUT2D eigenvalue weighted by atomic mass is 16.6. The van der Waals surface area contributed by atoms with E-state index in [1.807, 2.05) is 0 Å². The summed E-state index contributed by atoms with van der Waals surface area (Å²) in [5.74, 6) is 0.382. The van der Waals surface area contributed by atoms with Gasteiger partial charge in [-0.2, -0.15) is 0 Å². The zero-order valence-electron chi connectivity index (χ0n) is 11.8. The first-order valence-electron chi connectivity index (χ1n) is 6.34. The number of hydrogen-bond donors (Lipinski definition) is 2. The van der Waals surface area contributed by atoms with Gasteiger partial charge in [-0.3, -0.25) is 10.1 Å². The molecular weight excluding hydrogens is 280 g/mol. The van der Waals surface area contributed by atoms with Crippen LogP contribution in [0.3, 0.4) is 0 Å². The van der Waals surface area contributed by atoms with Crippen LogP contribution in [0.2, 0.25) is 0 Å². The van der Waals surface area contributed by atoms with Gasteiger partial charge in [0, 0.05) is 31.9 Å². The summed E-state index contributed by atoms with van der Waals surface area (Å²) in [4.78, 5) is 10.3. The van der Waals surface area contributed by atoms with Gasteiger partial charge in [-0.15, -0.1) is 0 Å². The van der Waals surface area contributed by atoms with Crippen LogP contribution >= 0.6 is 0 Å². The Morgan fingerprint density at radius 3 is 2.57 bits per heavy atom. The number of ether oxygens (including phenoxy) is 3. The summed E-state index contributed by atoms with van der Waals surface area (Å²) >= 11 is 0. The number of methoxy groups -OCH3 is 2. The van der Waals surface area contributed by atoms with Crippen LogP contribution in [0.4, 0.5) is 5.69 Å². The smallest absolute Gasteiger partial charge is 0.270 e. The number of aliphatic hydroxyl groups excluding tert-OH is 1. The summed E-state index contributed by atoms with van der Waals surface area (Å²) in [6.45, 7) is 0.151. The van der Waals surface area contributed by atoms with E-state index >= 15 is 0 Å². The molecule has 1 heterocycles. The number of aliphatic hydroxyl groups is 1. The van der Waals surface area contributed by atoms with Crippen molar-refractivity contribution < 1.29 is 24.2 Å². The molecule has 1 aliphatic rings. The van der Waals surface area contributed by atoms with Crippen LogP contribution in [-0.2, 0) is 9.47 Å². The molecule has 0 bridgehead atoms. The Balaban J connectivity index is 2.45. The second-order valence-corrected chi connectivity index (χ2v) is 4.98. The van der Waals surface area contributed by atoms with Gasteiger partial charge in [-0.05, 0) is 6.07 Å². The van der Waals surface area contributed by atoms with Crippen LogP contribution in [0.15, 0.2) is 18.2 Å². The fraction of sp³-hybridized carbons (Fsp3) is 0.538. The van der Waals surface area contributed by atoms with Gasteiger partial charge in [-0.25, -0.2) is 0 Å². The maximum atomic E-state index is 10.8. The lowest BCUT2D eigenvalue weighted by molar-refractivity contribution is -0.385. The third kappa shape index (κ3) is 2.70. The van der Waals surface area contributed by atoms with E-state index in [-0.39, 0.29) is 18.9 Å². The maximum Gasteiger partial charge on any atom is 0.270 e. The Kier molecular flexibility index (Phi) is 4.43. The summed E-state index contributed by atoms with van der Waals surface area (Å²) in [7, 11) is 2.95. The summed E-state index contributed by atoms with van der Waals surface area (Å²) in [5, 5.41) is 21.3. The van der Waals surface area contributed by atoms with E-state index in [0.29, 0.717) is 11.3 Å². The number of nitro groups is 1. The third-order valence-corrected chi connectivity index (χ3v) is 3.53. The number of benzene rings is 1. The molecule has 0 unspecified atom stereocenters. The highest BCUT2D eigenvalue weighted by molar-refractivity contribution is 5.48. The van der Waals surface area contributed by atoms with Crippen LogP contribution in [0.25, 0.3) is 0 Å². The van der Waals surface area contributed by atoms with Crippen LogP contribution in [0.5, 0.6) is 5.75 Å². The molecule has 8 nitrogen and oxygen atoms in total. The molecule has 0 aliphatic carbocycles. The molecule has 0 aromatic heterocycles. The van der Waals surface area contributed by atoms with Crippen molar-refractivity contribution in [2.75, 3.05) is 27.4 Å². The molecule has 1 aliphatic heterocycles. The SMILES string of the molecule is COCC1(COC)Oc2ccc([N+](=O)[O-])cc2[C@@H](N)[C@@H]1O. The minimum absolute atomic E-state index is 0.0755. The molecule has 2 atom stereocenters. The molecule has 21 heavy (non-hydrogen) atoms. The number of nitrogens with two attached hydrogens (primary N) is 1. The quantitative estimate of drug-likeness (QED) is 0.596. The van der Waals surface area contributed by atoms with E-state index in [1.54, 1.807) is 0 Å². The number of fused-ring (bicyclic) bond motifs is 1. The summed E-state index contributed by atoms with van der Waals surface area (Å²) in [6.07, 6.45) is -1.12. The lowest BCUT2D eigenvalue weighted by Gasteiger charge is -2.44. The lowest BCUT2D eigenvalue weighted by Crippen LogP contribution is -2.60. The van der Waals surface area contributed by atoms with Gasteiger partial charge < -0.3 is 25.1 Å². The lowest BCUT2D eigenvalue weighted by atomic mass is 9.85. The molecule has 0 saturated heterocycles. The Labute approximate surface area is 121 Å². The van der Waals surface area contributed by atoms with Crippen molar-refractivity contribution in [2.45, 2.75) is 17.7 Å². The molecule has 0 amide bonds. The van der Waals surface area contributed by atoms with Crippen LogP contribution in [0, 0.1) is 10.1 Å². The normalized spacial score (nSPS) is 23.2. The highest BCUT2D eigenvalue weighted by Gasteiger charge is 2.49. The molecule has 3 N–H and O–H groups in total. The third-order valence-electron chi connectivity index (χ3n) is 3.53. The molecule has 8 heteroatoms. The number of non-ortho nitro benzene ring substituents is 1. The minimum atomic E-state index is -1.15. The molecule has 1 aromatic rings. The van der Waals surface area contributed by atoms with E-state index in [2.05, 4.69) is 0 Å². The van der Waals surface area contributed by atoms with Gasteiger partial charge in [0.15, 0.2) is 5.60 Å². The summed E-state index contributed by atoms with van der Waals surface area (Å²) in [6, 6.07) is 3.28. The predicted molar refractivity (Wildman–Crippen MR) is 73.1 cm³/mol. The monoisotopic (exact) mass is 298 g/mol. The van der Waals surface area contributed by atoms with E-state index in [4.69, 9.17) is 19.9 Å². The van der Waals surface area contributed by atoms with Crippen molar-refractivity contribution in [1.29, 1.82) is 0 Å². The van der Waals surface area contributed by atoms with Crippen molar-refractivity contribution in [3.8, 4) is 5.75 Å². The first-order chi connectivity index (χ1) is 9.95. The van der Waals surface area contributed by atoms with Crippen molar-refractivity contribution in [3.63, 3.8) is 0 Å². The Morgan fingerprint density at radius 1 is 1.43 bits per heavy atom. The Morgan fingerprint density at radius 2 is 2.05 bits per heavy atom. The number of hydrogen-bond acceptors (Lipinski definition) is 7. The highest BCUT2D eigenvalue weighted by Crippen LogP contribution is 2.40. The minimum Gasteiger partial charge on any atom is -0.479 e. The fourth-order valence-corrected chi connectivity index (χ4v) is 2.54. The zero-order chi connectivity index (χ0) is 15.6. The Hall–Kier alpha value is -1.74. The number of nitro benzene ring substituents is 1. The zero-order valence-corrected chi connectivity index (χ0v) is 11.8. The molecule has 116 valence electrons. The molecule has 0 radical (unpaired) electrons. The van der Waals surface area contributed by atoms with Gasteiger partial charge in [0.25, 0.3) is 5.69 Å². The number of rotatable bonds is 5. The van der Waals surface area contributed by atoms with Crippen LogP contribution < -0.4 is 10.5 Å². The van der Waals surface area contributed by atoms with Gasteiger partial charge in [0.2, 0.25) is 0 Å². The van der Waals surface area contributed by atoms with E-state index in [0.717, 1.165) is 0 Å². The first kappa shape index (κ1) is 15.6. The molecule has 2 rings (SSSR count). The first-order valence-corrected chi connectivity index (χ1v) is 6.34. The molecule has 0 fully saturated rings. The molecule has 0 saturated carbocycles. The van der Waals surface area contributed by atoms with Gasteiger partial charge >= 0.3 is 0 Å². The van der Waals surface area contributed by atoms with E-state index < -0.39 is 22.7 Å². The van der Waals surface area contributed by atoms with Crippen molar-refractivity contribution in [2.24, 2.45) is 5.73 Å². The summed E-state index contributed by atoms with van der Waals surface area (Å²) < 4.78 is 16.0. The number of nitrogens with zero attached hydrogens (tertiary/aromatic N) is 1. The van der Waals surface area contributed by atoms with E-state index in [1.165, 1.54) is 32.4 Å². The van der Waals surface area contributed by atoms with Crippen LogP contribution in [0.1, 0.15) is 11.6 Å². The van der Waals surface area contributed by atoms with E-state index in [9.17, 15) is 15.2 Å². The predicted octanol–water partition coefficient (Wildman–Crippen LogP) is 0.380. The summed E-state index contributed by atoms with van der Waals surface area (Å²) in [5.41, 5.74) is 5.17. The average Bonchev–Trinajstić information content (AvgIpc) is 2.45. The topological polar surface area (TPSA) is 117 Å². The second kappa shape index (κ2) is 5.94. The second-order valence-electron chi connectivity index (χ2n) is 4.98. The van der Waals surface area contributed by atoms with Crippen molar-refractivity contribution >= 4 is 5.69 Å².